The average Bonchev–Trinajstić information content (AvgIpc) is 2.28. The van der Waals surface area contributed by atoms with Crippen LogP contribution >= 0.6 is 0 Å². The van der Waals surface area contributed by atoms with E-state index in [1.54, 1.807) is 12.4 Å². The van der Waals surface area contributed by atoms with E-state index in [0.29, 0.717) is 6.54 Å². The van der Waals surface area contributed by atoms with Gasteiger partial charge in [0.05, 0.1) is 17.6 Å². The van der Waals surface area contributed by atoms with Crippen molar-refractivity contribution in [3.63, 3.8) is 0 Å². The number of nitrogens with zero attached hydrogens (tertiary/aromatic N) is 2. The second-order valence-electron chi connectivity index (χ2n) is 3.98. The van der Waals surface area contributed by atoms with Crippen LogP contribution in [-0.4, -0.2) is 9.97 Å². The van der Waals surface area contributed by atoms with E-state index in [1.807, 2.05) is 0 Å². The lowest BCUT2D eigenvalue weighted by Gasteiger charge is -2.05. The summed E-state index contributed by atoms with van der Waals surface area (Å²) in [5.41, 5.74) is 10.8. The molecule has 0 spiro atoms. The Morgan fingerprint density at radius 3 is 2.38 bits per heavy atom. The second kappa shape index (κ2) is 4.41. The number of benzene rings is 1. The molecular weight excluding hydrogens is 198 g/mol. The molecule has 0 aliphatic rings. The van der Waals surface area contributed by atoms with E-state index in [1.165, 1.54) is 11.1 Å². The van der Waals surface area contributed by atoms with Crippen molar-refractivity contribution in [2.75, 3.05) is 0 Å². The van der Waals surface area contributed by atoms with E-state index < -0.39 is 0 Å². The standard InChI is InChI=1S/C13H15N3/c1-9-3-10(2)5-11(4-9)13-8-15-7-12(6-14)16-13/h3-5,7-8H,6,14H2,1-2H3. The van der Waals surface area contributed by atoms with Crippen molar-refractivity contribution in [3.8, 4) is 11.3 Å². The third kappa shape index (κ3) is 2.25. The summed E-state index contributed by atoms with van der Waals surface area (Å²) in [6, 6.07) is 6.36. The minimum atomic E-state index is 0.422. The molecule has 0 bridgehead atoms. The summed E-state index contributed by atoms with van der Waals surface area (Å²) in [7, 11) is 0. The summed E-state index contributed by atoms with van der Waals surface area (Å²) < 4.78 is 0. The molecular formula is C13H15N3. The molecule has 0 aliphatic heterocycles. The van der Waals surface area contributed by atoms with Crippen LogP contribution in [-0.2, 0) is 6.54 Å². The monoisotopic (exact) mass is 213 g/mol. The fourth-order valence-corrected chi connectivity index (χ4v) is 1.77. The molecule has 3 heteroatoms. The topological polar surface area (TPSA) is 51.8 Å². The largest absolute Gasteiger partial charge is 0.325 e. The Kier molecular flexibility index (Phi) is 2.97. The molecule has 16 heavy (non-hydrogen) atoms. The van der Waals surface area contributed by atoms with Gasteiger partial charge in [0.2, 0.25) is 0 Å². The summed E-state index contributed by atoms with van der Waals surface area (Å²) in [5.74, 6) is 0. The fraction of sp³-hybridized carbons (Fsp3) is 0.231. The van der Waals surface area contributed by atoms with Crippen molar-refractivity contribution < 1.29 is 0 Å². The SMILES string of the molecule is Cc1cc(C)cc(-c2cncc(CN)n2)c1. The van der Waals surface area contributed by atoms with Crippen LogP contribution in [0.4, 0.5) is 0 Å². The van der Waals surface area contributed by atoms with Crippen molar-refractivity contribution in [2.45, 2.75) is 20.4 Å². The van der Waals surface area contributed by atoms with Gasteiger partial charge >= 0.3 is 0 Å². The lowest BCUT2D eigenvalue weighted by Crippen LogP contribution is -2.01. The minimum absolute atomic E-state index is 0.422. The normalized spacial score (nSPS) is 10.4. The Labute approximate surface area is 95.4 Å². The van der Waals surface area contributed by atoms with Crippen molar-refractivity contribution in [1.82, 2.24) is 9.97 Å². The van der Waals surface area contributed by atoms with Crippen LogP contribution in [0.15, 0.2) is 30.6 Å². The molecule has 1 heterocycles. The first kappa shape index (κ1) is 10.8. The predicted molar refractivity (Wildman–Crippen MR) is 64.8 cm³/mol. The number of aryl methyl sites for hydroxylation is 2. The smallest absolute Gasteiger partial charge is 0.0889 e. The van der Waals surface area contributed by atoms with E-state index in [0.717, 1.165) is 17.0 Å². The molecule has 0 saturated heterocycles. The quantitative estimate of drug-likeness (QED) is 0.832. The van der Waals surface area contributed by atoms with Crippen molar-refractivity contribution in [3.05, 3.63) is 47.4 Å². The van der Waals surface area contributed by atoms with Gasteiger partial charge in [-0.1, -0.05) is 17.2 Å². The predicted octanol–water partition coefficient (Wildman–Crippen LogP) is 2.22. The molecule has 2 N–H and O–H groups in total. The summed E-state index contributed by atoms with van der Waals surface area (Å²) in [6.07, 6.45) is 3.47. The zero-order chi connectivity index (χ0) is 11.5. The van der Waals surface area contributed by atoms with Crippen LogP contribution in [0.25, 0.3) is 11.3 Å². The first-order chi connectivity index (χ1) is 7.69. The molecule has 0 unspecified atom stereocenters. The Morgan fingerprint density at radius 1 is 1.06 bits per heavy atom. The molecule has 0 aliphatic carbocycles. The van der Waals surface area contributed by atoms with Crippen LogP contribution in [0.5, 0.6) is 0 Å². The maximum atomic E-state index is 5.55. The van der Waals surface area contributed by atoms with Gasteiger partial charge in [-0.15, -0.1) is 0 Å². The number of aromatic nitrogens is 2. The number of rotatable bonds is 2. The molecule has 2 aromatic rings. The highest BCUT2D eigenvalue weighted by molar-refractivity contribution is 5.60. The maximum absolute atomic E-state index is 5.55. The Balaban J connectivity index is 2.49. The molecule has 0 saturated carbocycles. The summed E-state index contributed by atoms with van der Waals surface area (Å²) in [6.45, 7) is 4.58. The Hall–Kier alpha value is -1.74. The van der Waals surface area contributed by atoms with Gasteiger partial charge in [-0.3, -0.25) is 4.98 Å². The third-order valence-corrected chi connectivity index (χ3v) is 2.41. The highest BCUT2D eigenvalue weighted by atomic mass is 14.8. The highest BCUT2D eigenvalue weighted by Crippen LogP contribution is 2.19. The molecule has 2 rings (SSSR count). The molecule has 0 atom stereocenters. The van der Waals surface area contributed by atoms with E-state index in [4.69, 9.17) is 5.73 Å². The molecule has 0 radical (unpaired) electrons. The van der Waals surface area contributed by atoms with Gasteiger partial charge < -0.3 is 5.73 Å². The minimum Gasteiger partial charge on any atom is -0.325 e. The van der Waals surface area contributed by atoms with Gasteiger partial charge in [-0.2, -0.15) is 0 Å². The molecule has 0 amide bonds. The van der Waals surface area contributed by atoms with Crippen molar-refractivity contribution in [2.24, 2.45) is 5.73 Å². The fourth-order valence-electron chi connectivity index (χ4n) is 1.77. The molecule has 1 aromatic carbocycles. The van der Waals surface area contributed by atoms with Gasteiger partial charge in [0, 0.05) is 18.3 Å². The second-order valence-corrected chi connectivity index (χ2v) is 3.98. The van der Waals surface area contributed by atoms with Crippen LogP contribution < -0.4 is 5.73 Å². The van der Waals surface area contributed by atoms with E-state index in [2.05, 4.69) is 42.0 Å². The zero-order valence-electron chi connectivity index (χ0n) is 9.57. The number of nitrogens with two attached hydrogens (primary N) is 1. The van der Waals surface area contributed by atoms with Gasteiger partial charge in [-0.05, 0) is 26.0 Å². The summed E-state index contributed by atoms with van der Waals surface area (Å²) in [4.78, 5) is 8.60. The Morgan fingerprint density at radius 2 is 1.75 bits per heavy atom. The van der Waals surface area contributed by atoms with E-state index >= 15 is 0 Å². The van der Waals surface area contributed by atoms with Crippen LogP contribution in [0.2, 0.25) is 0 Å². The third-order valence-electron chi connectivity index (χ3n) is 2.41. The maximum Gasteiger partial charge on any atom is 0.0889 e. The van der Waals surface area contributed by atoms with Gasteiger partial charge in [-0.25, -0.2) is 4.98 Å². The molecule has 3 nitrogen and oxygen atoms in total. The van der Waals surface area contributed by atoms with Gasteiger partial charge in [0.1, 0.15) is 0 Å². The zero-order valence-corrected chi connectivity index (χ0v) is 9.57. The van der Waals surface area contributed by atoms with Crippen molar-refractivity contribution in [1.29, 1.82) is 0 Å². The van der Waals surface area contributed by atoms with Crippen LogP contribution in [0.1, 0.15) is 16.8 Å². The van der Waals surface area contributed by atoms with E-state index in [-0.39, 0.29) is 0 Å². The molecule has 0 fully saturated rings. The van der Waals surface area contributed by atoms with Crippen molar-refractivity contribution >= 4 is 0 Å². The molecule has 82 valence electrons. The lowest BCUT2D eigenvalue weighted by molar-refractivity contribution is 0.967. The summed E-state index contributed by atoms with van der Waals surface area (Å²) in [5, 5.41) is 0. The molecule has 1 aromatic heterocycles. The number of hydrogen-bond donors (Lipinski definition) is 1. The van der Waals surface area contributed by atoms with Crippen LogP contribution in [0, 0.1) is 13.8 Å². The van der Waals surface area contributed by atoms with Crippen LogP contribution in [0.3, 0.4) is 0 Å². The first-order valence-electron chi connectivity index (χ1n) is 5.28. The van der Waals surface area contributed by atoms with E-state index in [9.17, 15) is 0 Å². The van der Waals surface area contributed by atoms with Gasteiger partial charge in [0.15, 0.2) is 0 Å². The number of hydrogen-bond acceptors (Lipinski definition) is 3. The lowest BCUT2D eigenvalue weighted by atomic mass is 10.1. The Bertz CT molecular complexity index is 486. The summed E-state index contributed by atoms with van der Waals surface area (Å²) >= 11 is 0. The average molecular weight is 213 g/mol. The highest BCUT2D eigenvalue weighted by Gasteiger charge is 2.02. The van der Waals surface area contributed by atoms with Gasteiger partial charge in [0.25, 0.3) is 0 Å². The first-order valence-corrected chi connectivity index (χ1v) is 5.28.